The minimum atomic E-state index is -0.0725. The molecule has 1 aliphatic heterocycles. The SMILES string of the molecule is C1=C(c2ccccc2)NC(c2ccc(-n3c4c5ccccc5ccc4c4c5ccccc5c5c6ccccc6sc5c43)cc2)NC1c1ccccc1. The lowest BCUT2D eigenvalue weighted by Gasteiger charge is -2.33. The van der Waals surface area contributed by atoms with Crippen LogP contribution in [0.1, 0.15) is 28.9 Å². The molecule has 0 saturated carbocycles. The van der Waals surface area contributed by atoms with Crippen LogP contribution < -0.4 is 10.6 Å². The number of hydrogen-bond acceptors (Lipinski definition) is 3. The molecule has 0 fully saturated rings. The van der Waals surface area contributed by atoms with Gasteiger partial charge in [-0.15, -0.1) is 11.3 Å². The first kappa shape index (κ1) is 29.5. The number of aromatic nitrogens is 1. The quantitative estimate of drug-likeness (QED) is 0.193. The maximum atomic E-state index is 3.89. The van der Waals surface area contributed by atoms with E-state index in [-0.39, 0.29) is 12.2 Å². The standard InChI is InChI=1S/C48H33N3S/c1-3-14-31(15-4-1)40-29-41(32-16-5-2-6-17-32)50-48(49-40)33-23-26-34(27-24-33)51-45-35-18-8-7-13-30(35)25-28-39(45)43-36-19-9-10-20-37(36)44-38-21-11-12-22-42(38)52-47(44)46(43)51/h1-29,40,48-50H. The predicted molar refractivity (Wildman–Crippen MR) is 221 cm³/mol. The minimum absolute atomic E-state index is 0.0700. The van der Waals surface area contributed by atoms with Gasteiger partial charge in [-0.1, -0.05) is 152 Å². The zero-order valence-electron chi connectivity index (χ0n) is 28.3. The number of nitrogens with zero attached hydrogens (tertiary/aromatic N) is 1. The summed E-state index contributed by atoms with van der Waals surface area (Å²) in [6, 6.07) is 61.9. The maximum absolute atomic E-state index is 3.89. The zero-order valence-corrected chi connectivity index (χ0v) is 29.1. The summed E-state index contributed by atoms with van der Waals surface area (Å²) in [5.41, 5.74) is 8.44. The van der Waals surface area contributed by atoms with Gasteiger partial charge in [-0.25, -0.2) is 0 Å². The Morgan fingerprint density at radius 2 is 1.13 bits per heavy atom. The number of fused-ring (bicyclic) bond motifs is 12. The van der Waals surface area contributed by atoms with Crippen molar-refractivity contribution in [1.29, 1.82) is 0 Å². The molecule has 10 aromatic rings. The maximum Gasteiger partial charge on any atom is 0.104 e. The van der Waals surface area contributed by atoms with Crippen LogP contribution in [0.15, 0.2) is 176 Å². The van der Waals surface area contributed by atoms with Gasteiger partial charge in [0.2, 0.25) is 0 Å². The summed E-state index contributed by atoms with van der Waals surface area (Å²) in [6.07, 6.45) is 2.23. The molecule has 0 amide bonds. The van der Waals surface area contributed by atoms with Crippen molar-refractivity contribution < 1.29 is 0 Å². The Kier molecular flexibility index (Phi) is 6.63. The highest BCUT2D eigenvalue weighted by molar-refractivity contribution is 7.27. The average molecular weight is 684 g/mol. The fourth-order valence-corrected chi connectivity index (χ4v) is 9.74. The van der Waals surface area contributed by atoms with Gasteiger partial charge in [0.25, 0.3) is 0 Å². The van der Waals surface area contributed by atoms with Crippen molar-refractivity contribution in [2.75, 3.05) is 0 Å². The van der Waals surface area contributed by atoms with Crippen LogP contribution in [-0.4, -0.2) is 4.57 Å². The molecule has 0 radical (unpaired) electrons. The lowest BCUT2D eigenvalue weighted by atomic mass is 9.98. The monoisotopic (exact) mass is 683 g/mol. The molecule has 11 rings (SSSR count). The zero-order chi connectivity index (χ0) is 34.2. The molecule has 3 nitrogen and oxygen atoms in total. The smallest absolute Gasteiger partial charge is 0.104 e. The van der Waals surface area contributed by atoms with E-state index in [9.17, 15) is 0 Å². The molecule has 0 spiro atoms. The van der Waals surface area contributed by atoms with Crippen molar-refractivity contribution in [1.82, 2.24) is 15.2 Å². The number of benzene rings is 8. The topological polar surface area (TPSA) is 29.0 Å². The van der Waals surface area contributed by atoms with E-state index in [0.29, 0.717) is 0 Å². The van der Waals surface area contributed by atoms with E-state index in [1.165, 1.54) is 80.2 Å². The molecule has 1 aliphatic rings. The summed E-state index contributed by atoms with van der Waals surface area (Å²) in [4.78, 5) is 0. The molecule has 0 saturated heterocycles. The van der Waals surface area contributed by atoms with E-state index in [2.05, 4.69) is 191 Å². The first-order valence-corrected chi connectivity index (χ1v) is 18.7. The van der Waals surface area contributed by atoms with Crippen LogP contribution in [0, 0.1) is 0 Å². The second-order valence-corrected chi connectivity index (χ2v) is 14.8. The summed E-state index contributed by atoms with van der Waals surface area (Å²) in [6.45, 7) is 0. The second kappa shape index (κ2) is 11.7. The van der Waals surface area contributed by atoms with Crippen LogP contribution in [-0.2, 0) is 0 Å². The van der Waals surface area contributed by atoms with Gasteiger partial charge < -0.3 is 9.88 Å². The van der Waals surface area contributed by atoms with E-state index >= 15 is 0 Å². The van der Waals surface area contributed by atoms with E-state index in [4.69, 9.17) is 0 Å². The van der Waals surface area contributed by atoms with Crippen molar-refractivity contribution in [2.24, 2.45) is 0 Å². The molecule has 246 valence electrons. The van der Waals surface area contributed by atoms with Gasteiger partial charge >= 0.3 is 0 Å². The second-order valence-electron chi connectivity index (χ2n) is 13.8. The third-order valence-electron chi connectivity index (χ3n) is 10.8. The third-order valence-corrected chi connectivity index (χ3v) is 12.0. The Morgan fingerprint density at radius 1 is 0.481 bits per heavy atom. The van der Waals surface area contributed by atoms with Crippen LogP contribution in [0.4, 0.5) is 0 Å². The van der Waals surface area contributed by atoms with Crippen molar-refractivity contribution in [3.8, 4) is 5.69 Å². The molecular weight excluding hydrogens is 651 g/mol. The Hall–Kier alpha value is -6.20. The highest BCUT2D eigenvalue weighted by atomic mass is 32.1. The highest BCUT2D eigenvalue weighted by Crippen LogP contribution is 2.49. The normalized spacial score (nSPS) is 16.3. The molecule has 2 aromatic heterocycles. The average Bonchev–Trinajstić information content (AvgIpc) is 3.79. The van der Waals surface area contributed by atoms with Crippen LogP contribution in [0.5, 0.6) is 0 Å². The highest BCUT2D eigenvalue weighted by Gasteiger charge is 2.26. The fraction of sp³-hybridized carbons (Fsp3) is 0.0417. The minimum Gasteiger partial charge on any atom is -0.366 e. The number of hydrogen-bond donors (Lipinski definition) is 2. The molecule has 3 heterocycles. The van der Waals surface area contributed by atoms with Crippen LogP contribution in [0.25, 0.3) is 74.9 Å². The summed E-state index contributed by atoms with van der Waals surface area (Å²) in [5.74, 6) is 0. The molecule has 52 heavy (non-hydrogen) atoms. The van der Waals surface area contributed by atoms with E-state index in [0.717, 1.165) is 11.4 Å². The van der Waals surface area contributed by atoms with Gasteiger partial charge in [0.15, 0.2) is 0 Å². The molecule has 2 unspecified atom stereocenters. The number of nitrogens with one attached hydrogen (secondary N) is 2. The van der Waals surface area contributed by atoms with Crippen molar-refractivity contribution in [2.45, 2.75) is 12.2 Å². The molecule has 4 heteroatoms. The van der Waals surface area contributed by atoms with Gasteiger partial charge in [-0.3, -0.25) is 5.32 Å². The first-order valence-electron chi connectivity index (χ1n) is 17.9. The Bertz CT molecular complexity index is 3010. The third kappa shape index (κ3) is 4.48. The van der Waals surface area contributed by atoms with Crippen molar-refractivity contribution >= 4 is 80.6 Å². The van der Waals surface area contributed by atoms with Gasteiger partial charge in [0.05, 0.1) is 21.8 Å². The molecular formula is C48H33N3S. The van der Waals surface area contributed by atoms with E-state index in [1.54, 1.807) is 0 Å². The lowest BCUT2D eigenvalue weighted by molar-refractivity contribution is 0.442. The van der Waals surface area contributed by atoms with Crippen molar-refractivity contribution in [3.63, 3.8) is 0 Å². The molecule has 8 aromatic carbocycles. The number of thiophene rings is 1. The van der Waals surface area contributed by atoms with Gasteiger partial charge in [-0.2, -0.15) is 0 Å². The van der Waals surface area contributed by atoms with Gasteiger partial charge in [-0.05, 0) is 57.1 Å². The molecule has 0 aliphatic carbocycles. The summed E-state index contributed by atoms with van der Waals surface area (Å²) >= 11 is 1.91. The molecule has 2 N–H and O–H groups in total. The van der Waals surface area contributed by atoms with E-state index < -0.39 is 0 Å². The molecule has 0 bridgehead atoms. The Labute approximate surface area is 305 Å². The van der Waals surface area contributed by atoms with Crippen LogP contribution in [0.3, 0.4) is 0 Å². The fourth-order valence-electron chi connectivity index (χ4n) is 8.48. The summed E-state index contributed by atoms with van der Waals surface area (Å²) < 4.78 is 5.19. The lowest BCUT2D eigenvalue weighted by Crippen LogP contribution is -2.39. The summed E-state index contributed by atoms with van der Waals surface area (Å²) in [5, 5.41) is 18.1. The Morgan fingerprint density at radius 3 is 1.92 bits per heavy atom. The first-order chi connectivity index (χ1) is 25.8. The predicted octanol–water partition coefficient (Wildman–Crippen LogP) is 12.4. The van der Waals surface area contributed by atoms with Crippen LogP contribution in [0.2, 0.25) is 0 Å². The summed E-state index contributed by atoms with van der Waals surface area (Å²) in [7, 11) is 0. The Balaban J connectivity index is 1.14. The van der Waals surface area contributed by atoms with Crippen LogP contribution >= 0.6 is 11.3 Å². The number of rotatable bonds is 4. The molecule has 2 atom stereocenters. The van der Waals surface area contributed by atoms with E-state index in [1.807, 2.05) is 11.3 Å². The van der Waals surface area contributed by atoms with Crippen molar-refractivity contribution in [3.05, 3.63) is 193 Å². The van der Waals surface area contributed by atoms with Gasteiger partial charge in [0.1, 0.15) is 6.17 Å². The largest absolute Gasteiger partial charge is 0.366 e. The van der Waals surface area contributed by atoms with Gasteiger partial charge in [0, 0.05) is 43.0 Å².